The quantitative estimate of drug-likeness (QED) is 0.745. The smallest absolute Gasteiger partial charge is 0.162 e. The first-order chi connectivity index (χ1) is 8.13. The maximum absolute atomic E-state index is 13.7. The maximum atomic E-state index is 13.7. The van der Waals surface area contributed by atoms with Gasteiger partial charge in [0.25, 0.3) is 0 Å². The summed E-state index contributed by atoms with van der Waals surface area (Å²) in [5, 5.41) is 3.43. The lowest BCUT2D eigenvalue weighted by Gasteiger charge is -2.29. The van der Waals surface area contributed by atoms with E-state index in [1.807, 2.05) is 0 Å². The van der Waals surface area contributed by atoms with Gasteiger partial charge in [-0.15, -0.1) is 0 Å². The van der Waals surface area contributed by atoms with Crippen molar-refractivity contribution in [1.29, 1.82) is 0 Å². The average molecular weight is 241 g/mol. The summed E-state index contributed by atoms with van der Waals surface area (Å²) < 4.78 is 40.0. The Balaban J connectivity index is 1.94. The van der Waals surface area contributed by atoms with Crippen LogP contribution in [0.3, 0.4) is 0 Å². The van der Waals surface area contributed by atoms with Gasteiger partial charge in [-0.3, -0.25) is 0 Å². The molecule has 17 heavy (non-hydrogen) atoms. The van der Waals surface area contributed by atoms with Crippen molar-refractivity contribution >= 4 is 0 Å². The van der Waals surface area contributed by atoms with Gasteiger partial charge in [-0.25, -0.2) is 13.2 Å². The van der Waals surface area contributed by atoms with Crippen LogP contribution in [0.15, 0.2) is 12.1 Å². The van der Waals surface area contributed by atoms with Crippen LogP contribution < -0.4 is 5.32 Å². The fourth-order valence-corrected chi connectivity index (χ4v) is 3.18. The van der Waals surface area contributed by atoms with Gasteiger partial charge in [-0.1, -0.05) is 0 Å². The van der Waals surface area contributed by atoms with Gasteiger partial charge in [-0.2, -0.15) is 0 Å². The Kier molecular flexibility index (Phi) is 2.62. The van der Waals surface area contributed by atoms with Crippen LogP contribution in [0.1, 0.15) is 37.2 Å². The summed E-state index contributed by atoms with van der Waals surface area (Å²) >= 11 is 0. The van der Waals surface area contributed by atoms with Crippen molar-refractivity contribution in [3.63, 3.8) is 0 Å². The van der Waals surface area contributed by atoms with E-state index in [1.165, 1.54) is 0 Å². The summed E-state index contributed by atoms with van der Waals surface area (Å²) in [6.07, 6.45) is 3.72. The summed E-state index contributed by atoms with van der Waals surface area (Å²) in [7, 11) is 0. The minimum Gasteiger partial charge on any atom is -0.311 e. The number of fused-ring (bicyclic) bond motifs is 2. The van der Waals surface area contributed by atoms with Gasteiger partial charge in [0.1, 0.15) is 5.82 Å². The molecule has 92 valence electrons. The lowest BCUT2D eigenvalue weighted by Crippen LogP contribution is -2.37. The third-order valence-electron chi connectivity index (χ3n) is 3.93. The summed E-state index contributed by atoms with van der Waals surface area (Å²) in [4.78, 5) is 0. The standard InChI is InChI=1S/C13H14F3N/c14-8-5-11(13(16)12(15)6-8)7-3-9-1-2-10(4-7)17-9/h5-7,9-10,17H,1-4H2. The predicted molar refractivity (Wildman–Crippen MR) is 58.2 cm³/mol. The van der Waals surface area contributed by atoms with E-state index in [9.17, 15) is 13.2 Å². The van der Waals surface area contributed by atoms with Crippen molar-refractivity contribution < 1.29 is 13.2 Å². The molecule has 2 bridgehead atoms. The molecule has 1 nitrogen and oxygen atoms in total. The van der Waals surface area contributed by atoms with E-state index >= 15 is 0 Å². The van der Waals surface area contributed by atoms with E-state index in [4.69, 9.17) is 0 Å². The number of hydrogen-bond acceptors (Lipinski definition) is 1. The van der Waals surface area contributed by atoms with Crippen molar-refractivity contribution in [2.45, 2.75) is 43.7 Å². The summed E-state index contributed by atoms with van der Waals surface area (Å²) in [6, 6.07) is 2.51. The fourth-order valence-electron chi connectivity index (χ4n) is 3.18. The van der Waals surface area contributed by atoms with Crippen LogP contribution in [0.4, 0.5) is 13.2 Å². The van der Waals surface area contributed by atoms with E-state index in [2.05, 4.69) is 5.32 Å². The first-order valence-corrected chi connectivity index (χ1v) is 6.04. The van der Waals surface area contributed by atoms with Crippen molar-refractivity contribution in [3.05, 3.63) is 35.1 Å². The van der Waals surface area contributed by atoms with Crippen molar-refractivity contribution in [2.75, 3.05) is 0 Å². The lowest BCUT2D eigenvalue weighted by molar-refractivity contribution is 0.351. The van der Waals surface area contributed by atoms with Gasteiger partial charge in [0.2, 0.25) is 0 Å². The zero-order valence-electron chi connectivity index (χ0n) is 9.35. The second-order valence-corrected chi connectivity index (χ2v) is 5.10. The van der Waals surface area contributed by atoms with Gasteiger partial charge in [0.05, 0.1) is 0 Å². The van der Waals surface area contributed by atoms with Gasteiger partial charge in [0, 0.05) is 18.2 Å². The molecule has 2 fully saturated rings. The lowest BCUT2D eigenvalue weighted by atomic mass is 9.86. The first kappa shape index (κ1) is 11.1. The Morgan fingerprint density at radius 3 is 2.29 bits per heavy atom. The molecule has 1 N–H and O–H groups in total. The van der Waals surface area contributed by atoms with E-state index in [0.29, 0.717) is 18.2 Å². The molecule has 0 aromatic heterocycles. The number of piperidine rings is 1. The molecule has 0 radical (unpaired) electrons. The molecule has 2 saturated heterocycles. The monoisotopic (exact) mass is 241 g/mol. The number of hydrogen-bond donors (Lipinski definition) is 1. The zero-order valence-corrected chi connectivity index (χ0v) is 9.35. The SMILES string of the molecule is Fc1cc(F)c(F)c(C2CC3CCC(C2)N3)c1. The Morgan fingerprint density at radius 1 is 1.00 bits per heavy atom. The highest BCUT2D eigenvalue weighted by Gasteiger charge is 2.35. The van der Waals surface area contributed by atoms with Crippen LogP contribution in [0.5, 0.6) is 0 Å². The molecule has 1 aromatic carbocycles. The Bertz CT molecular complexity index is 435. The number of rotatable bonds is 1. The van der Waals surface area contributed by atoms with Crippen molar-refractivity contribution in [2.24, 2.45) is 0 Å². The minimum atomic E-state index is -1.08. The Labute approximate surface area is 98.0 Å². The highest BCUT2D eigenvalue weighted by Crippen LogP contribution is 2.38. The van der Waals surface area contributed by atoms with Gasteiger partial charge >= 0.3 is 0 Å². The molecular formula is C13H14F3N. The maximum Gasteiger partial charge on any atom is 0.162 e. The van der Waals surface area contributed by atoms with Gasteiger partial charge in [0.15, 0.2) is 11.6 Å². The molecule has 4 heteroatoms. The normalized spacial score (nSPS) is 31.8. The van der Waals surface area contributed by atoms with Crippen molar-refractivity contribution in [3.8, 4) is 0 Å². The second kappa shape index (κ2) is 4.02. The zero-order chi connectivity index (χ0) is 12.0. The Morgan fingerprint density at radius 2 is 1.65 bits per heavy atom. The van der Waals surface area contributed by atoms with Crippen molar-refractivity contribution in [1.82, 2.24) is 5.32 Å². The van der Waals surface area contributed by atoms with E-state index < -0.39 is 17.5 Å². The highest BCUT2D eigenvalue weighted by molar-refractivity contribution is 5.25. The number of halogens is 3. The van der Waals surface area contributed by atoms with Crippen LogP contribution in [0.25, 0.3) is 0 Å². The van der Waals surface area contributed by atoms with Crippen LogP contribution >= 0.6 is 0 Å². The van der Waals surface area contributed by atoms with Crippen LogP contribution in [-0.4, -0.2) is 12.1 Å². The molecule has 1 aromatic rings. The van der Waals surface area contributed by atoms with E-state index in [0.717, 1.165) is 31.7 Å². The third kappa shape index (κ3) is 1.95. The molecule has 0 saturated carbocycles. The number of nitrogens with one attached hydrogen (secondary N) is 1. The molecule has 2 unspecified atom stereocenters. The molecule has 0 amide bonds. The predicted octanol–water partition coefficient (Wildman–Crippen LogP) is 3.10. The fraction of sp³-hybridized carbons (Fsp3) is 0.538. The Hall–Kier alpha value is -1.03. The molecule has 2 heterocycles. The van der Waals surface area contributed by atoms with E-state index in [-0.39, 0.29) is 11.5 Å². The molecule has 2 aliphatic heterocycles. The van der Waals surface area contributed by atoms with Crippen LogP contribution in [-0.2, 0) is 0 Å². The molecule has 2 aliphatic rings. The highest BCUT2D eigenvalue weighted by atomic mass is 19.2. The summed E-state index contributed by atoms with van der Waals surface area (Å²) in [5.74, 6) is -2.70. The molecule has 3 rings (SSSR count). The molecule has 2 atom stereocenters. The minimum absolute atomic E-state index is 0.0565. The van der Waals surface area contributed by atoms with Crippen LogP contribution in [0, 0.1) is 17.5 Å². The average Bonchev–Trinajstić information content (AvgIpc) is 2.63. The summed E-state index contributed by atoms with van der Waals surface area (Å²) in [5.41, 5.74) is 0.209. The molecular weight excluding hydrogens is 227 g/mol. The second-order valence-electron chi connectivity index (χ2n) is 5.10. The number of benzene rings is 1. The summed E-state index contributed by atoms with van der Waals surface area (Å²) in [6.45, 7) is 0. The molecule has 0 aliphatic carbocycles. The molecule has 0 spiro atoms. The largest absolute Gasteiger partial charge is 0.311 e. The van der Waals surface area contributed by atoms with Gasteiger partial charge in [-0.05, 0) is 43.2 Å². The van der Waals surface area contributed by atoms with Crippen LogP contribution in [0.2, 0.25) is 0 Å². The van der Waals surface area contributed by atoms with Gasteiger partial charge < -0.3 is 5.32 Å². The van der Waals surface area contributed by atoms with E-state index in [1.54, 1.807) is 0 Å². The topological polar surface area (TPSA) is 12.0 Å². The first-order valence-electron chi connectivity index (χ1n) is 6.04. The third-order valence-corrected chi connectivity index (χ3v) is 3.93.